The van der Waals surface area contributed by atoms with Crippen molar-refractivity contribution in [3.8, 4) is 11.5 Å². The summed E-state index contributed by atoms with van der Waals surface area (Å²) in [5, 5.41) is 0. The van der Waals surface area contributed by atoms with Crippen LogP contribution in [0.3, 0.4) is 0 Å². The summed E-state index contributed by atoms with van der Waals surface area (Å²) in [6, 6.07) is 37.3. The Bertz CT molecular complexity index is 1390. The molecule has 1 atom stereocenters. The molecular formula is C40H52N2O2. The number of benzene rings is 4. The molecule has 0 radical (unpaired) electrons. The van der Waals surface area contributed by atoms with E-state index in [0.717, 1.165) is 37.3 Å². The third-order valence-electron chi connectivity index (χ3n) is 8.13. The number of nitrogens with two attached hydrogens (primary N) is 1. The monoisotopic (exact) mass is 592 g/mol. The van der Waals surface area contributed by atoms with Crippen LogP contribution in [0.1, 0.15) is 81.7 Å². The lowest BCUT2D eigenvalue weighted by molar-refractivity contribution is 0.170. The van der Waals surface area contributed by atoms with E-state index in [2.05, 4.69) is 131 Å². The molecule has 0 saturated heterocycles. The van der Waals surface area contributed by atoms with Crippen LogP contribution in [-0.2, 0) is 19.4 Å². The molecule has 0 aromatic heterocycles. The Morgan fingerprint density at radius 3 is 1.93 bits per heavy atom. The second kappa shape index (κ2) is 15.9. The van der Waals surface area contributed by atoms with Crippen molar-refractivity contribution in [3.63, 3.8) is 0 Å². The summed E-state index contributed by atoms with van der Waals surface area (Å²) < 4.78 is 12.7. The van der Waals surface area contributed by atoms with Crippen LogP contribution in [0, 0.1) is 0 Å². The fourth-order valence-electron chi connectivity index (χ4n) is 5.99. The lowest BCUT2D eigenvalue weighted by Crippen LogP contribution is -2.38. The molecule has 4 aromatic rings. The van der Waals surface area contributed by atoms with Crippen LogP contribution >= 0.6 is 0 Å². The van der Waals surface area contributed by atoms with E-state index in [0.29, 0.717) is 25.3 Å². The fraction of sp³-hybridized carbons (Fsp3) is 0.400. The molecule has 0 bridgehead atoms. The van der Waals surface area contributed by atoms with Crippen molar-refractivity contribution < 1.29 is 9.47 Å². The van der Waals surface area contributed by atoms with Crippen LogP contribution in [0.15, 0.2) is 103 Å². The Morgan fingerprint density at radius 1 is 0.705 bits per heavy atom. The van der Waals surface area contributed by atoms with Gasteiger partial charge in [-0.25, -0.2) is 0 Å². The molecule has 0 unspecified atom stereocenters. The average molecular weight is 593 g/mol. The van der Waals surface area contributed by atoms with Crippen LogP contribution < -0.4 is 15.2 Å². The van der Waals surface area contributed by atoms with E-state index in [1.165, 1.54) is 27.8 Å². The molecule has 0 aliphatic heterocycles. The first-order valence-corrected chi connectivity index (χ1v) is 16.2. The molecule has 0 spiro atoms. The van der Waals surface area contributed by atoms with Crippen LogP contribution in [0.5, 0.6) is 11.5 Å². The number of hydrogen-bond donors (Lipinski definition) is 1. The van der Waals surface area contributed by atoms with Gasteiger partial charge in [0.1, 0.15) is 18.1 Å². The first kappa shape index (κ1) is 33.3. The van der Waals surface area contributed by atoms with Gasteiger partial charge in [-0.05, 0) is 101 Å². The van der Waals surface area contributed by atoms with Gasteiger partial charge in [0.15, 0.2) is 0 Å². The summed E-state index contributed by atoms with van der Waals surface area (Å²) in [7, 11) is 0. The Hall–Kier alpha value is -3.60. The quantitative estimate of drug-likeness (QED) is 0.141. The summed E-state index contributed by atoms with van der Waals surface area (Å²) in [5.41, 5.74) is 12.2. The van der Waals surface area contributed by atoms with Gasteiger partial charge in [-0.2, -0.15) is 0 Å². The van der Waals surface area contributed by atoms with E-state index >= 15 is 0 Å². The molecule has 0 fully saturated rings. The number of rotatable bonds is 16. The van der Waals surface area contributed by atoms with Crippen molar-refractivity contribution in [1.82, 2.24) is 4.90 Å². The van der Waals surface area contributed by atoms with E-state index in [1.807, 2.05) is 18.2 Å². The third-order valence-corrected chi connectivity index (χ3v) is 8.13. The average Bonchev–Trinajstić information content (AvgIpc) is 2.99. The molecule has 0 heterocycles. The molecule has 0 saturated carbocycles. The zero-order chi connectivity index (χ0) is 31.5. The van der Waals surface area contributed by atoms with Crippen LogP contribution in [0.25, 0.3) is 0 Å². The van der Waals surface area contributed by atoms with Gasteiger partial charge in [-0.15, -0.1) is 0 Å². The highest BCUT2D eigenvalue weighted by molar-refractivity contribution is 5.45. The normalized spacial score (nSPS) is 12.6. The minimum atomic E-state index is -0.226. The Morgan fingerprint density at radius 2 is 1.32 bits per heavy atom. The summed E-state index contributed by atoms with van der Waals surface area (Å²) in [6.45, 7) is 15.4. The minimum Gasteiger partial charge on any atom is -0.493 e. The maximum absolute atomic E-state index is 6.55. The topological polar surface area (TPSA) is 47.7 Å². The van der Waals surface area contributed by atoms with Crippen LogP contribution in [-0.4, -0.2) is 35.7 Å². The van der Waals surface area contributed by atoms with Crippen molar-refractivity contribution in [2.45, 2.75) is 91.0 Å². The summed E-state index contributed by atoms with van der Waals surface area (Å²) in [4.78, 5) is 2.58. The molecule has 2 N–H and O–H groups in total. The van der Waals surface area contributed by atoms with Gasteiger partial charge < -0.3 is 15.2 Å². The third kappa shape index (κ3) is 10.2. The molecular weight excluding hydrogens is 540 g/mol. The van der Waals surface area contributed by atoms with Gasteiger partial charge in [0.2, 0.25) is 0 Å². The van der Waals surface area contributed by atoms with Crippen molar-refractivity contribution in [1.29, 1.82) is 0 Å². The molecule has 0 aliphatic carbocycles. The lowest BCUT2D eigenvalue weighted by atomic mass is 9.86. The standard InChI is InChI=1S/C40H52N2O2/c1-30(2)42(31(3)4)25-23-37(35-15-11-8-12-16-35)38-27-32(19-22-39(38)44-29-34-13-9-7-10-14-34)24-26-43-36-20-17-33(18-21-36)28-40(5,6)41/h7-22,27,30-31,37H,23-26,28-29,41H2,1-6H3/t37-/m1/s1. The van der Waals surface area contributed by atoms with E-state index in [4.69, 9.17) is 15.2 Å². The van der Waals surface area contributed by atoms with Crippen LogP contribution in [0.2, 0.25) is 0 Å². The van der Waals surface area contributed by atoms with Crippen molar-refractivity contribution in [3.05, 3.63) is 131 Å². The number of ether oxygens (including phenoxy) is 2. The highest BCUT2D eigenvalue weighted by Crippen LogP contribution is 2.36. The predicted octanol–water partition coefficient (Wildman–Crippen LogP) is 8.81. The van der Waals surface area contributed by atoms with E-state index in [1.54, 1.807) is 0 Å². The zero-order valence-electron chi connectivity index (χ0n) is 27.6. The largest absolute Gasteiger partial charge is 0.493 e. The Labute approximate surface area is 266 Å². The molecule has 234 valence electrons. The molecule has 4 rings (SSSR count). The first-order valence-electron chi connectivity index (χ1n) is 16.2. The molecule has 0 amide bonds. The molecule has 4 heteroatoms. The molecule has 4 nitrogen and oxygen atoms in total. The van der Waals surface area contributed by atoms with E-state index in [9.17, 15) is 0 Å². The van der Waals surface area contributed by atoms with Gasteiger partial charge in [-0.1, -0.05) is 84.9 Å². The zero-order valence-corrected chi connectivity index (χ0v) is 27.6. The lowest BCUT2D eigenvalue weighted by Gasteiger charge is -2.32. The molecule has 0 aliphatic rings. The maximum atomic E-state index is 6.55. The Kier molecular flexibility index (Phi) is 12.1. The fourth-order valence-corrected chi connectivity index (χ4v) is 5.99. The van der Waals surface area contributed by atoms with Crippen molar-refractivity contribution in [2.75, 3.05) is 13.2 Å². The Balaban J connectivity index is 1.57. The van der Waals surface area contributed by atoms with Crippen LogP contribution in [0.4, 0.5) is 0 Å². The summed E-state index contributed by atoms with van der Waals surface area (Å²) >= 11 is 0. The first-order chi connectivity index (χ1) is 21.1. The van der Waals surface area contributed by atoms with Gasteiger partial charge in [-0.3, -0.25) is 4.90 Å². The second-order valence-electron chi connectivity index (χ2n) is 13.2. The van der Waals surface area contributed by atoms with Gasteiger partial charge in [0, 0.05) is 35.5 Å². The highest BCUT2D eigenvalue weighted by Gasteiger charge is 2.22. The van der Waals surface area contributed by atoms with Crippen molar-refractivity contribution >= 4 is 0 Å². The molecule has 44 heavy (non-hydrogen) atoms. The van der Waals surface area contributed by atoms with Gasteiger partial charge in [0.05, 0.1) is 6.61 Å². The molecule has 4 aromatic carbocycles. The SMILES string of the molecule is CC(C)N(CC[C@H](c1ccccc1)c1cc(CCOc2ccc(CC(C)(C)N)cc2)ccc1OCc1ccccc1)C(C)C. The summed E-state index contributed by atoms with van der Waals surface area (Å²) in [5.74, 6) is 2.05. The smallest absolute Gasteiger partial charge is 0.123 e. The second-order valence-corrected chi connectivity index (χ2v) is 13.2. The van der Waals surface area contributed by atoms with Gasteiger partial charge in [0.25, 0.3) is 0 Å². The number of hydrogen-bond acceptors (Lipinski definition) is 4. The van der Waals surface area contributed by atoms with E-state index in [-0.39, 0.29) is 11.5 Å². The van der Waals surface area contributed by atoms with Crippen molar-refractivity contribution in [2.24, 2.45) is 5.73 Å². The maximum Gasteiger partial charge on any atom is 0.123 e. The predicted molar refractivity (Wildman–Crippen MR) is 185 cm³/mol. The minimum absolute atomic E-state index is 0.210. The number of nitrogens with zero attached hydrogens (tertiary/aromatic N) is 1. The highest BCUT2D eigenvalue weighted by atomic mass is 16.5. The van der Waals surface area contributed by atoms with Gasteiger partial charge >= 0.3 is 0 Å². The summed E-state index contributed by atoms with van der Waals surface area (Å²) in [6.07, 6.45) is 2.66. The van der Waals surface area contributed by atoms with E-state index < -0.39 is 0 Å².